The topological polar surface area (TPSA) is 48.7 Å². The SMILES string of the molecule is CCC1CC1Nc1cnccc1C#N. The lowest BCUT2D eigenvalue weighted by Crippen LogP contribution is -2.06. The van der Waals surface area contributed by atoms with Gasteiger partial charge < -0.3 is 5.32 Å². The normalized spacial score (nSPS) is 24.0. The van der Waals surface area contributed by atoms with E-state index in [1.807, 2.05) is 0 Å². The first-order chi connectivity index (χ1) is 6.85. The van der Waals surface area contributed by atoms with Gasteiger partial charge in [0.25, 0.3) is 0 Å². The standard InChI is InChI=1S/C11H13N3/c1-2-8-5-10(8)14-11-7-13-4-3-9(11)6-12/h3-4,7-8,10,14H,2,5H2,1H3. The monoisotopic (exact) mass is 187 g/mol. The summed E-state index contributed by atoms with van der Waals surface area (Å²) in [6.45, 7) is 2.20. The first kappa shape index (κ1) is 9.01. The second-order valence-electron chi connectivity index (χ2n) is 3.69. The summed E-state index contributed by atoms with van der Waals surface area (Å²) in [6.07, 6.45) is 5.80. The second kappa shape index (κ2) is 3.67. The number of nitriles is 1. The summed E-state index contributed by atoms with van der Waals surface area (Å²) in [4.78, 5) is 4.01. The minimum Gasteiger partial charge on any atom is -0.380 e. The minimum atomic E-state index is 0.552. The molecule has 1 aliphatic carbocycles. The summed E-state index contributed by atoms with van der Waals surface area (Å²) in [6, 6.07) is 4.45. The Morgan fingerprint density at radius 2 is 2.57 bits per heavy atom. The minimum absolute atomic E-state index is 0.552. The van der Waals surface area contributed by atoms with Crippen molar-refractivity contribution >= 4 is 5.69 Å². The van der Waals surface area contributed by atoms with E-state index in [9.17, 15) is 0 Å². The summed E-state index contributed by atoms with van der Waals surface area (Å²) in [5.41, 5.74) is 1.55. The van der Waals surface area contributed by atoms with Crippen LogP contribution in [0.3, 0.4) is 0 Å². The van der Waals surface area contributed by atoms with Crippen LogP contribution < -0.4 is 5.32 Å². The number of nitrogens with one attached hydrogen (secondary N) is 1. The van der Waals surface area contributed by atoms with Crippen molar-refractivity contribution in [2.45, 2.75) is 25.8 Å². The summed E-state index contributed by atoms with van der Waals surface area (Å²) >= 11 is 0. The molecule has 1 heterocycles. The molecule has 1 fully saturated rings. The van der Waals surface area contributed by atoms with Crippen LogP contribution in [-0.4, -0.2) is 11.0 Å². The fourth-order valence-corrected chi connectivity index (χ4v) is 1.68. The Morgan fingerprint density at radius 1 is 1.71 bits per heavy atom. The van der Waals surface area contributed by atoms with Gasteiger partial charge in [0, 0.05) is 12.2 Å². The smallest absolute Gasteiger partial charge is 0.101 e. The van der Waals surface area contributed by atoms with E-state index >= 15 is 0 Å². The van der Waals surface area contributed by atoms with E-state index in [1.54, 1.807) is 18.5 Å². The molecule has 1 N–H and O–H groups in total. The number of nitrogens with zero attached hydrogens (tertiary/aromatic N) is 2. The van der Waals surface area contributed by atoms with Crippen molar-refractivity contribution in [3.05, 3.63) is 24.0 Å². The number of hydrogen-bond acceptors (Lipinski definition) is 3. The number of pyridine rings is 1. The van der Waals surface area contributed by atoms with Gasteiger partial charge >= 0.3 is 0 Å². The van der Waals surface area contributed by atoms with E-state index in [2.05, 4.69) is 23.3 Å². The molecule has 72 valence electrons. The predicted octanol–water partition coefficient (Wildman–Crippen LogP) is 2.16. The van der Waals surface area contributed by atoms with Gasteiger partial charge in [-0.3, -0.25) is 4.98 Å². The van der Waals surface area contributed by atoms with Gasteiger partial charge in [-0.2, -0.15) is 5.26 Å². The van der Waals surface area contributed by atoms with Gasteiger partial charge in [-0.15, -0.1) is 0 Å². The molecular weight excluding hydrogens is 174 g/mol. The lowest BCUT2D eigenvalue weighted by Gasteiger charge is -2.05. The highest BCUT2D eigenvalue weighted by Crippen LogP contribution is 2.36. The van der Waals surface area contributed by atoms with Gasteiger partial charge in [-0.1, -0.05) is 13.3 Å². The zero-order valence-electron chi connectivity index (χ0n) is 8.20. The van der Waals surface area contributed by atoms with Crippen LogP contribution in [0.15, 0.2) is 18.5 Å². The Kier molecular flexibility index (Phi) is 2.36. The molecule has 2 unspecified atom stereocenters. The van der Waals surface area contributed by atoms with Gasteiger partial charge in [0.05, 0.1) is 17.4 Å². The summed E-state index contributed by atoms with van der Waals surface area (Å²) in [7, 11) is 0. The molecule has 1 aliphatic rings. The molecule has 1 aromatic heterocycles. The quantitative estimate of drug-likeness (QED) is 0.788. The fourth-order valence-electron chi connectivity index (χ4n) is 1.68. The Bertz CT molecular complexity index is 367. The van der Waals surface area contributed by atoms with Crippen LogP contribution >= 0.6 is 0 Å². The van der Waals surface area contributed by atoms with E-state index in [4.69, 9.17) is 5.26 Å². The molecule has 1 aromatic rings. The molecule has 0 aromatic carbocycles. The number of hydrogen-bond donors (Lipinski definition) is 1. The first-order valence-corrected chi connectivity index (χ1v) is 4.95. The highest BCUT2D eigenvalue weighted by atomic mass is 15.0. The molecule has 14 heavy (non-hydrogen) atoms. The highest BCUT2D eigenvalue weighted by molar-refractivity contribution is 5.56. The maximum absolute atomic E-state index is 8.86. The predicted molar refractivity (Wildman–Crippen MR) is 54.8 cm³/mol. The van der Waals surface area contributed by atoms with Gasteiger partial charge in [-0.25, -0.2) is 0 Å². The van der Waals surface area contributed by atoms with Crippen LogP contribution in [0.2, 0.25) is 0 Å². The number of rotatable bonds is 3. The Morgan fingerprint density at radius 3 is 3.21 bits per heavy atom. The Hall–Kier alpha value is -1.56. The van der Waals surface area contributed by atoms with Crippen LogP contribution in [0.4, 0.5) is 5.69 Å². The zero-order valence-corrected chi connectivity index (χ0v) is 8.20. The fraction of sp³-hybridized carbons (Fsp3) is 0.455. The molecule has 0 spiro atoms. The maximum atomic E-state index is 8.86. The summed E-state index contributed by atoms with van der Waals surface area (Å²) < 4.78 is 0. The van der Waals surface area contributed by atoms with Gasteiger partial charge in [0.2, 0.25) is 0 Å². The van der Waals surface area contributed by atoms with Crippen molar-refractivity contribution in [2.24, 2.45) is 5.92 Å². The lowest BCUT2D eigenvalue weighted by atomic mass is 10.2. The summed E-state index contributed by atoms with van der Waals surface area (Å²) in [5, 5.41) is 12.2. The third kappa shape index (κ3) is 1.69. The van der Waals surface area contributed by atoms with Crippen molar-refractivity contribution in [2.75, 3.05) is 5.32 Å². The molecule has 2 atom stereocenters. The second-order valence-corrected chi connectivity index (χ2v) is 3.69. The van der Waals surface area contributed by atoms with Crippen molar-refractivity contribution in [3.63, 3.8) is 0 Å². The molecule has 0 amide bonds. The maximum Gasteiger partial charge on any atom is 0.101 e. The van der Waals surface area contributed by atoms with Gasteiger partial charge in [-0.05, 0) is 18.4 Å². The van der Waals surface area contributed by atoms with E-state index in [1.165, 1.54) is 12.8 Å². The first-order valence-electron chi connectivity index (χ1n) is 4.95. The van der Waals surface area contributed by atoms with Crippen LogP contribution in [0, 0.1) is 17.2 Å². The molecule has 2 rings (SSSR count). The molecule has 0 bridgehead atoms. The van der Waals surface area contributed by atoms with E-state index in [0.29, 0.717) is 11.6 Å². The molecule has 0 radical (unpaired) electrons. The van der Waals surface area contributed by atoms with E-state index in [-0.39, 0.29) is 0 Å². The van der Waals surface area contributed by atoms with Crippen LogP contribution in [0.1, 0.15) is 25.3 Å². The lowest BCUT2D eigenvalue weighted by molar-refractivity contribution is 0.774. The van der Waals surface area contributed by atoms with Crippen molar-refractivity contribution in [1.29, 1.82) is 5.26 Å². The highest BCUT2D eigenvalue weighted by Gasteiger charge is 2.35. The molecule has 1 saturated carbocycles. The van der Waals surface area contributed by atoms with Crippen LogP contribution in [0.5, 0.6) is 0 Å². The van der Waals surface area contributed by atoms with E-state index in [0.717, 1.165) is 11.6 Å². The van der Waals surface area contributed by atoms with Crippen molar-refractivity contribution in [3.8, 4) is 6.07 Å². The van der Waals surface area contributed by atoms with Crippen molar-refractivity contribution < 1.29 is 0 Å². The molecular formula is C11H13N3. The third-order valence-corrected chi connectivity index (χ3v) is 2.73. The van der Waals surface area contributed by atoms with Gasteiger partial charge in [0.1, 0.15) is 6.07 Å². The van der Waals surface area contributed by atoms with Crippen LogP contribution in [-0.2, 0) is 0 Å². The van der Waals surface area contributed by atoms with E-state index < -0.39 is 0 Å². The molecule has 0 aliphatic heterocycles. The Labute approximate surface area is 83.8 Å². The third-order valence-electron chi connectivity index (χ3n) is 2.73. The average Bonchev–Trinajstić information content (AvgIpc) is 2.97. The van der Waals surface area contributed by atoms with Gasteiger partial charge in [0.15, 0.2) is 0 Å². The average molecular weight is 187 g/mol. The largest absolute Gasteiger partial charge is 0.380 e. The number of aromatic nitrogens is 1. The summed E-state index contributed by atoms with van der Waals surface area (Å²) in [5.74, 6) is 0.779. The molecule has 3 heteroatoms. The Balaban J connectivity index is 2.07. The zero-order chi connectivity index (χ0) is 9.97. The molecule has 0 saturated heterocycles. The van der Waals surface area contributed by atoms with Crippen molar-refractivity contribution in [1.82, 2.24) is 4.98 Å². The number of anilines is 1. The van der Waals surface area contributed by atoms with Crippen LogP contribution in [0.25, 0.3) is 0 Å². The molecule has 3 nitrogen and oxygen atoms in total.